The summed E-state index contributed by atoms with van der Waals surface area (Å²) in [6.45, 7) is 4.67. The fourth-order valence-electron chi connectivity index (χ4n) is 1.80. The molecule has 0 bridgehead atoms. The molecule has 0 aliphatic rings. The second-order valence-electron chi connectivity index (χ2n) is 5.02. The molecule has 0 aliphatic heterocycles. The molecule has 0 spiro atoms. The van der Waals surface area contributed by atoms with Gasteiger partial charge in [0, 0.05) is 0 Å². The van der Waals surface area contributed by atoms with Crippen LogP contribution >= 0.6 is 0 Å². The summed E-state index contributed by atoms with van der Waals surface area (Å²) in [5.74, 6) is 0.528. The molecule has 0 aromatic heterocycles. The standard InChI is InChI=1S/C17H19FO2/c1-3-12(2)11-20-17-9-6-14(10-16(17)18)13-4-7-15(19)8-5-13/h4-10,12,19H,3,11H2,1-2H3. The van der Waals surface area contributed by atoms with E-state index in [-0.39, 0.29) is 17.3 Å². The molecule has 0 radical (unpaired) electrons. The average Bonchev–Trinajstić information content (AvgIpc) is 2.46. The van der Waals surface area contributed by atoms with Crippen LogP contribution in [0.5, 0.6) is 11.5 Å². The van der Waals surface area contributed by atoms with E-state index >= 15 is 0 Å². The lowest BCUT2D eigenvalue weighted by Crippen LogP contribution is -2.08. The largest absolute Gasteiger partial charge is 0.508 e. The molecule has 0 heterocycles. The monoisotopic (exact) mass is 274 g/mol. The van der Waals surface area contributed by atoms with Crippen molar-refractivity contribution < 1.29 is 14.2 Å². The Labute approximate surface area is 118 Å². The van der Waals surface area contributed by atoms with E-state index in [1.807, 2.05) is 6.07 Å². The van der Waals surface area contributed by atoms with Crippen molar-refractivity contribution in [1.29, 1.82) is 0 Å². The molecule has 0 fully saturated rings. The Morgan fingerprint density at radius 2 is 1.75 bits per heavy atom. The van der Waals surface area contributed by atoms with Gasteiger partial charge in [-0.05, 0) is 41.3 Å². The van der Waals surface area contributed by atoms with Crippen molar-refractivity contribution >= 4 is 0 Å². The summed E-state index contributed by atoms with van der Waals surface area (Å²) in [6, 6.07) is 11.6. The van der Waals surface area contributed by atoms with Gasteiger partial charge in [-0.1, -0.05) is 38.5 Å². The zero-order chi connectivity index (χ0) is 14.5. The predicted molar refractivity (Wildman–Crippen MR) is 78.5 cm³/mol. The van der Waals surface area contributed by atoms with Gasteiger partial charge in [-0.3, -0.25) is 0 Å². The molecule has 1 atom stereocenters. The first-order chi connectivity index (χ1) is 9.60. The quantitative estimate of drug-likeness (QED) is 0.861. The zero-order valence-electron chi connectivity index (χ0n) is 11.8. The summed E-state index contributed by atoms with van der Waals surface area (Å²) in [4.78, 5) is 0. The minimum absolute atomic E-state index is 0.197. The topological polar surface area (TPSA) is 29.5 Å². The molecule has 2 nitrogen and oxygen atoms in total. The summed E-state index contributed by atoms with van der Waals surface area (Å²) in [6.07, 6.45) is 1.01. The lowest BCUT2D eigenvalue weighted by atomic mass is 10.1. The maximum absolute atomic E-state index is 14.0. The molecular weight excluding hydrogens is 255 g/mol. The third-order valence-corrected chi connectivity index (χ3v) is 3.35. The van der Waals surface area contributed by atoms with E-state index in [4.69, 9.17) is 4.74 Å². The number of benzene rings is 2. The number of aromatic hydroxyl groups is 1. The molecule has 0 aliphatic carbocycles. The highest BCUT2D eigenvalue weighted by Crippen LogP contribution is 2.27. The van der Waals surface area contributed by atoms with Crippen molar-refractivity contribution in [3.8, 4) is 22.6 Å². The van der Waals surface area contributed by atoms with E-state index in [0.29, 0.717) is 12.5 Å². The third-order valence-electron chi connectivity index (χ3n) is 3.35. The van der Waals surface area contributed by atoms with Gasteiger partial charge in [0.2, 0.25) is 0 Å². The van der Waals surface area contributed by atoms with Crippen LogP contribution in [-0.2, 0) is 0 Å². The molecule has 1 N–H and O–H groups in total. The van der Waals surface area contributed by atoms with Gasteiger partial charge >= 0.3 is 0 Å². The number of hydrogen-bond acceptors (Lipinski definition) is 2. The van der Waals surface area contributed by atoms with Gasteiger partial charge in [0.25, 0.3) is 0 Å². The zero-order valence-corrected chi connectivity index (χ0v) is 11.8. The van der Waals surface area contributed by atoms with Crippen molar-refractivity contribution in [2.24, 2.45) is 5.92 Å². The number of ether oxygens (including phenoxy) is 1. The Bertz CT molecular complexity index is 564. The summed E-state index contributed by atoms with van der Waals surface area (Å²) in [5, 5.41) is 9.25. The van der Waals surface area contributed by atoms with Crippen LogP contribution < -0.4 is 4.74 Å². The van der Waals surface area contributed by atoms with Gasteiger partial charge < -0.3 is 9.84 Å². The minimum Gasteiger partial charge on any atom is -0.508 e. The number of rotatable bonds is 5. The van der Waals surface area contributed by atoms with Crippen LogP contribution in [0.1, 0.15) is 20.3 Å². The summed E-state index contributed by atoms with van der Waals surface area (Å²) in [7, 11) is 0. The molecular formula is C17H19FO2. The Morgan fingerprint density at radius 1 is 1.10 bits per heavy atom. The first kappa shape index (κ1) is 14.4. The van der Waals surface area contributed by atoms with Gasteiger partial charge in [-0.25, -0.2) is 4.39 Å². The first-order valence-electron chi connectivity index (χ1n) is 6.82. The molecule has 2 aromatic carbocycles. The highest BCUT2D eigenvalue weighted by molar-refractivity contribution is 5.65. The van der Waals surface area contributed by atoms with Gasteiger partial charge in [0.05, 0.1) is 6.61 Å². The fourth-order valence-corrected chi connectivity index (χ4v) is 1.80. The fraction of sp³-hybridized carbons (Fsp3) is 0.294. The number of halogens is 1. The molecule has 0 saturated heterocycles. The molecule has 1 unspecified atom stereocenters. The molecule has 2 rings (SSSR count). The first-order valence-corrected chi connectivity index (χ1v) is 6.82. The van der Waals surface area contributed by atoms with Crippen molar-refractivity contribution in [3.05, 3.63) is 48.3 Å². The van der Waals surface area contributed by atoms with Crippen molar-refractivity contribution in [2.75, 3.05) is 6.61 Å². The predicted octanol–water partition coefficient (Wildman–Crippen LogP) is 4.62. The van der Waals surface area contributed by atoms with Gasteiger partial charge in [0.15, 0.2) is 11.6 Å². The van der Waals surface area contributed by atoms with Gasteiger partial charge in [0.1, 0.15) is 5.75 Å². The highest BCUT2D eigenvalue weighted by Gasteiger charge is 2.08. The van der Waals surface area contributed by atoms with E-state index in [2.05, 4.69) is 13.8 Å². The minimum atomic E-state index is -0.362. The van der Waals surface area contributed by atoms with E-state index in [1.165, 1.54) is 6.07 Å². The smallest absolute Gasteiger partial charge is 0.165 e. The third kappa shape index (κ3) is 3.50. The molecule has 0 saturated carbocycles. The van der Waals surface area contributed by atoms with Crippen LogP contribution in [0, 0.1) is 11.7 Å². The number of hydrogen-bond donors (Lipinski definition) is 1. The van der Waals surface area contributed by atoms with E-state index in [9.17, 15) is 9.50 Å². The number of phenols is 1. The van der Waals surface area contributed by atoms with Crippen molar-refractivity contribution in [2.45, 2.75) is 20.3 Å². The molecule has 3 heteroatoms. The lowest BCUT2D eigenvalue weighted by Gasteiger charge is -2.12. The van der Waals surface area contributed by atoms with Crippen LogP contribution in [0.15, 0.2) is 42.5 Å². The van der Waals surface area contributed by atoms with Crippen LogP contribution in [-0.4, -0.2) is 11.7 Å². The summed E-state index contributed by atoms with van der Waals surface area (Å²) in [5.41, 5.74) is 1.62. The second kappa shape index (κ2) is 6.42. The summed E-state index contributed by atoms with van der Waals surface area (Å²) < 4.78 is 19.5. The van der Waals surface area contributed by atoms with E-state index in [1.54, 1.807) is 30.3 Å². The molecule has 2 aromatic rings. The Morgan fingerprint density at radius 3 is 2.35 bits per heavy atom. The normalized spacial score (nSPS) is 12.2. The Hall–Kier alpha value is -2.03. The SMILES string of the molecule is CCC(C)COc1ccc(-c2ccc(O)cc2)cc1F. The van der Waals surface area contributed by atoms with Crippen LogP contribution in [0.25, 0.3) is 11.1 Å². The average molecular weight is 274 g/mol. The Kier molecular flexibility index (Phi) is 4.61. The van der Waals surface area contributed by atoms with Crippen LogP contribution in [0.3, 0.4) is 0 Å². The van der Waals surface area contributed by atoms with Crippen molar-refractivity contribution in [3.63, 3.8) is 0 Å². The van der Waals surface area contributed by atoms with Gasteiger partial charge in [-0.2, -0.15) is 0 Å². The molecule has 106 valence electrons. The van der Waals surface area contributed by atoms with E-state index in [0.717, 1.165) is 17.5 Å². The summed E-state index contributed by atoms with van der Waals surface area (Å²) >= 11 is 0. The second-order valence-corrected chi connectivity index (χ2v) is 5.02. The highest BCUT2D eigenvalue weighted by atomic mass is 19.1. The maximum atomic E-state index is 14.0. The molecule has 0 amide bonds. The maximum Gasteiger partial charge on any atom is 0.165 e. The lowest BCUT2D eigenvalue weighted by molar-refractivity contribution is 0.246. The van der Waals surface area contributed by atoms with Gasteiger partial charge in [-0.15, -0.1) is 0 Å². The van der Waals surface area contributed by atoms with Crippen LogP contribution in [0.4, 0.5) is 4.39 Å². The van der Waals surface area contributed by atoms with E-state index < -0.39 is 0 Å². The Balaban J connectivity index is 2.15. The molecule has 20 heavy (non-hydrogen) atoms. The van der Waals surface area contributed by atoms with Crippen molar-refractivity contribution in [1.82, 2.24) is 0 Å². The van der Waals surface area contributed by atoms with Crippen LogP contribution in [0.2, 0.25) is 0 Å². The number of phenolic OH excluding ortho intramolecular Hbond substituents is 1.